The molecule has 1 fully saturated rings. The Labute approximate surface area is 164 Å². The van der Waals surface area contributed by atoms with Crippen molar-refractivity contribution in [2.75, 3.05) is 23.3 Å². The van der Waals surface area contributed by atoms with E-state index in [9.17, 15) is 4.79 Å². The van der Waals surface area contributed by atoms with E-state index in [1.54, 1.807) is 12.1 Å². The predicted octanol–water partition coefficient (Wildman–Crippen LogP) is 4.51. The van der Waals surface area contributed by atoms with E-state index in [1.807, 2.05) is 54.6 Å². The van der Waals surface area contributed by atoms with Gasteiger partial charge in [0, 0.05) is 13.1 Å². The van der Waals surface area contributed by atoms with E-state index >= 15 is 0 Å². The van der Waals surface area contributed by atoms with Crippen molar-refractivity contribution in [3.8, 4) is 11.5 Å². The first-order chi connectivity index (χ1) is 13.8. The third-order valence-electron chi connectivity index (χ3n) is 4.67. The predicted molar refractivity (Wildman–Crippen MR) is 109 cm³/mol. The Hall–Kier alpha value is -3.41. The molecule has 6 nitrogen and oxygen atoms in total. The Balaban J connectivity index is 1.46. The molecule has 1 saturated heterocycles. The summed E-state index contributed by atoms with van der Waals surface area (Å²) in [5.74, 6) is 1.78. The number of anilines is 2. The summed E-state index contributed by atoms with van der Waals surface area (Å²) in [6.07, 6.45) is 3.60. The minimum Gasteiger partial charge on any atom is -0.455 e. The average molecular weight is 374 g/mol. The van der Waals surface area contributed by atoms with Gasteiger partial charge in [0.15, 0.2) is 17.3 Å². The molecule has 4 rings (SSSR count). The molecule has 1 aliphatic heterocycles. The minimum atomic E-state index is -0.318. The van der Waals surface area contributed by atoms with Crippen LogP contribution in [0.2, 0.25) is 0 Å². The van der Waals surface area contributed by atoms with Gasteiger partial charge >= 0.3 is 0 Å². The van der Waals surface area contributed by atoms with Gasteiger partial charge in [0.1, 0.15) is 5.75 Å². The SMILES string of the molecule is O=C(Nc1ccccc1Oc1ccccc1)c1ccc(N2CCCCC2)nn1. The van der Waals surface area contributed by atoms with Crippen molar-refractivity contribution >= 4 is 17.4 Å². The van der Waals surface area contributed by atoms with Crippen LogP contribution >= 0.6 is 0 Å². The fraction of sp³-hybridized carbons (Fsp3) is 0.227. The van der Waals surface area contributed by atoms with Crippen LogP contribution in [0.15, 0.2) is 66.7 Å². The van der Waals surface area contributed by atoms with Crippen LogP contribution in [0.4, 0.5) is 11.5 Å². The standard InChI is InChI=1S/C22H22N4O2/c27-22(19-13-14-21(25-24-19)26-15-7-2-8-16-26)23-18-11-5-6-12-20(18)28-17-9-3-1-4-10-17/h1,3-6,9-14H,2,7-8,15-16H2,(H,23,27). The Bertz CT molecular complexity index is 923. The van der Waals surface area contributed by atoms with Gasteiger partial charge < -0.3 is 15.0 Å². The van der Waals surface area contributed by atoms with Crippen LogP contribution in [0, 0.1) is 0 Å². The number of aromatic nitrogens is 2. The number of nitrogens with zero attached hydrogens (tertiary/aromatic N) is 3. The molecule has 0 unspecified atom stereocenters. The number of ether oxygens (including phenoxy) is 1. The number of benzene rings is 2. The van der Waals surface area contributed by atoms with Gasteiger partial charge in [-0.3, -0.25) is 4.79 Å². The fourth-order valence-electron chi connectivity index (χ4n) is 3.20. The summed E-state index contributed by atoms with van der Waals surface area (Å²) in [6.45, 7) is 1.98. The molecule has 0 atom stereocenters. The summed E-state index contributed by atoms with van der Waals surface area (Å²) in [6, 6.07) is 20.3. The lowest BCUT2D eigenvalue weighted by Crippen LogP contribution is -2.30. The highest BCUT2D eigenvalue weighted by Crippen LogP contribution is 2.29. The Morgan fingerprint density at radius 3 is 2.36 bits per heavy atom. The Kier molecular flexibility index (Phi) is 5.47. The Morgan fingerprint density at radius 2 is 1.61 bits per heavy atom. The molecule has 0 aliphatic carbocycles. The number of amides is 1. The van der Waals surface area contributed by atoms with Gasteiger partial charge in [-0.2, -0.15) is 0 Å². The summed E-state index contributed by atoms with van der Waals surface area (Å²) in [5, 5.41) is 11.2. The van der Waals surface area contributed by atoms with Crippen LogP contribution < -0.4 is 15.0 Å². The molecule has 1 aromatic heterocycles. The number of carbonyl (C=O) groups is 1. The first-order valence-electron chi connectivity index (χ1n) is 9.51. The van der Waals surface area contributed by atoms with Crippen molar-refractivity contribution in [3.05, 3.63) is 72.4 Å². The molecule has 1 amide bonds. The monoisotopic (exact) mass is 374 g/mol. The quantitative estimate of drug-likeness (QED) is 0.712. The third-order valence-corrected chi connectivity index (χ3v) is 4.67. The lowest BCUT2D eigenvalue weighted by molar-refractivity contribution is 0.102. The van der Waals surface area contributed by atoms with Crippen LogP contribution in [0.5, 0.6) is 11.5 Å². The van der Waals surface area contributed by atoms with Crippen molar-refractivity contribution in [1.29, 1.82) is 0 Å². The first-order valence-corrected chi connectivity index (χ1v) is 9.51. The molecule has 0 spiro atoms. The van der Waals surface area contributed by atoms with Crippen molar-refractivity contribution < 1.29 is 9.53 Å². The summed E-state index contributed by atoms with van der Waals surface area (Å²) >= 11 is 0. The van der Waals surface area contributed by atoms with Gasteiger partial charge in [-0.05, 0) is 55.7 Å². The number of carbonyl (C=O) groups excluding carboxylic acids is 1. The topological polar surface area (TPSA) is 67.3 Å². The maximum atomic E-state index is 12.6. The highest BCUT2D eigenvalue weighted by Gasteiger charge is 2.15. The van der Waals surface area contributed by atoms with Gasteiger partial charge in [-0.1, -0.05) is 30.3 Å². The van der Waals surface area contributed by atoms with Gasteiger partial charge in [0.05, 0.1) is 5.69 Å². The molecule has 28 heavy (non-hydrogen) atoms. The average Bonchev–Trinajstić information content (AvgIpc) is 2.76. The second-order valence-electron chi connectivity index (χ2n) is 6.69. The van der Waals surface area contributed by atoms with Gasteiger partial charge in [0.2, 0.25) is 0 Å². The molecule has 0 radical (unpaired) electrons. The number of piperidine rings is 1. The van der Waals surface area contributed by atoms with Crippen molar-refractivity contribution in [1.82, 2.24) is 10.2 Å². The lowest BCUT2D eigenvalue weighted by Gasteiger charge is -2.27. The molecule has 0 saturated carbocycles. The van der Waals surface area contributed by atoms with E-state index < -0.39 is 0 Å². The normalized spacial score (nSPS) is 13.8. The van der Waals surface area contributed by atoms with Crippen LogP contribution in [-0.4, -0.2) is 29.2 Å². The van der Waals surface area contributed by atoms with Crippen molar-refractivity contribution in [3.63, 3.8) is 0 Å². The van der Waals surface area contributed by atoms with Crippen molar-refractivity contribution in [2.45, 2.75) is 19.3 Å². The second kappa shape index (κ2) is 8.52. The van der Waals surface area contributed by atoms with E-state index in [-0.39, 0.29) is 11.6 Å². The second-order valence-corrected chi connectivity index (χ2v) is 6.69. The molecular weight excluding hydrogens is 352 g/mol. The molecule has 2 aromatic carbocycles. The van der Waals surface area contributed by atoms with Crippen LogP contribution in [-0.2, 0) is 0 Å². The van der Waals surface area contributed by atoms with E-state index in [2.05, 4.69) is 20.4 Å². The maximum absolute atomic E-state index is 12.6. The molecule has 1 aliphatic rings. The largest absolute Gasteiger partial charge is 0.455 e. The highest BCUT2D eigenvalue weighted by atomic mass is 16.5. The van der Waals surface area contributed by atoms with E-state index in [4.69, 9.17) is 4.74 Å². The zero-order chi connectivity index (χ0) is 19.2. The third kappa shape index (κ3) is 4.28. The van der Waals surface area contributed by atoms with Gasteiger partial charge in [-0.25, -0.2) is 0 Å². The van der Waals surface area contributed by atoms with Crippen LogP contribution in [0.1, 0.15) is 29.8 Å². The lowest BCUT2D eigenvalue weighted by atomic mass is 10.1. The summed E-state index contributed by atoms with van der Waals surface area (Å²) < 4.78 is 5.89. The molecule has 142 valence electrons. The molecule has 1 N–H and O–H groups in total. The number of hydrogen-bond acceptors (Lipinski definition) is 5. The highest BCUT2D eigenvalue weighted by molar-refractivity contribution is 6.03. The molecule has 6 heteroatoms. The molecular formula is C22H22N4O2. The van der Waals surface area contributed by atoms with E-state index in [0.717, 1.165) is 18.9 Å². The van der Waals surface area contributed by atoms with Gasteiger partial charge in [0.25, 0.3) is 5.91 Å². The van der Waals surface area contributed by atoms with Crippen LogP contribution in [0.3, 0.4) is 0 Å². The van der Waals surface area contributed by atoms with Gasteiger partial charge in [-0.15, -0.1) is 10.2 Å². The maximum Gasteiger partial charge on any atom is 0.276 e. The number of nitrogens with one attached hydrogen (secondary N) is 1. The number of rotatable bonds is 5. The Morgan fingerprint density at radius 1 is 0.857 bits per heavy atom. The smallest absolute Gasteiger partial charge is 0.276 e. The molecule has 0 bridgehead atoms. The minimum absolute atomic E-state index is 0.273. The molecule has 2 heterocycles. The number of hydrogen-bond donors (Lipinski definition) is 1. The summed E-state index contributed by atoms with van der Waals surface area (Å²) in [7, 11) is 0. The molecule has 3 aromatic rings. The summed E-state index contributed by atoms with van der Waals surface area (Å²) in [4.78, 5) is 14.8. The zero-order valence-corrected chi connectivity index (χ0v) is 15.5. The van der Waals surface area contributed by atoms with Crippen molar-refractivity contribution in [2.24, 2.45) is 0 Å². The summed E-state index contributed by atoms with van der Waals surface area (Å²) in [5.41, 5.74) is 0.855. The van der Waals surface area contributed by atoms with Crippen LogP contribution in [0.25, 0.3) is 0 Å². The zero-order valence-electron chi connectivity index (χ0n) is 15.5. The fourth-order valence-corrected chi connectivity index (χ4v) is 3.20. The first kappa shape index (κ1) is 18.0. The van der Waals surface area contributed by atoms with E-state index in [1.165, 1.54) is 19.3 Å². The number of para-hydroxylation sites is 3. The van der Waals surface area contributed by atoms with E-state index in [0.29, 0.717) is 17.2 Å².